The summed E-state index contributed by atoms with van der Waals surface area (Å²) in [5.41, 5.74) is 3.90. The summed E-state index contributed by atoms with van der Waals surface area (Å²) in [6.45, 7) is 3.00. The Kier molecular flexibility index (Phi) is 5.49. The average molecular weight is 374 g/mol. The molecule has 1 aliphatic heterocycles. The van der Waals surface area contributed by atoms with Crippen molar-refractivity contribution in [2.45, 2.75) is 0 Å². The van der Waals surface area contributed by atoms with Gasteiger partial charge in [-0.1, -0.05) is 30.3 Å². The van der Waals surface area contributed by atoms with E-state index in [4.69, 9.17) is 4.74 Å². The minimum Gasteiger partial charge on any atom is -0.378 e. The number of anilines is 4. The number of hydrogen-bond acceptors (Lipinski definition) is 5. The van der Waals surface area contributed by atoms with Gasteiger partial charge in [0.1, 0.15) is 5.69 Å². The van der Waals surface area contributed by atoms with Gasteiger partial charge < -0.3 is 20.3 Å². The Morgan fingerprint density at radius 3 is 2.50 bits per heavy atom. The SMILES string of the molecule is O=C(Nc1ccccc1N1CCOCC1)c1cc(Nc2ccccc2)ccn1. The second kappa shape index (κ2) is 8.54. The number of nitrogens with zero attached hydrogens (tertiary/aromatic N) is 2. The van der Waals surface area contributed by atoms with Crippen molar-refractivity contribution in [3.8, 4) is 0 Å². The molecule has 0 spiro atoms. The van der Waals surface area contributed by atoms with E-state index in [9.17, 15) is 4.79 Å². The van der Waals surface area contributed by atoms with Crippen LogP contribution in [0.15, 0.2) is 72.9 Å². The zero-order valence-corrected chi connectivity index (χ0v) is 15.5. The molecule has 1 fully saturated rings. The van der Waals surface area contributed by atoms with E-state index in [0.29, 0.717) is 18.9 Å². The van der Waals surface area contributed by atoms with Crippen molar-refractivity contribution in [1.29, 1.82) is 0 Å². The Labute approximate surface area is 164 Å². The number of hydrogen-bond donors (Lipinski definition) is 2. The molecule has 2 N–H and O–H groups in total. The third-order valence-electron chi connectivity index (χ3n) is 4.56. The highest BCUT2D eigenvalue weighted by Crippen LogP contribution is 2.27. The number of carbonyl (C=O) groups excluding carboxylic acids is 1. The molecule has 0 unspecified atom stereocenters. The highest BCUT2D eigenvalue weighted by atomic mass is 16.5. The van der Waals surface area contributed by atoms with E-state index in [-0.39, 0.29) is 5.91 Å². The van der Waals surface area contributed by atoms with Gasteiger partial charge in [-0.25, -0.2) is 0 Å². The van der Waals surface area contributed by atoms with Crippen LogP contribution in [0.1, 0.15) is 10.5 Å². The van der Waals surface area contributed by atoms with Gasteiger partial charge in [0.05, 0.1) is 24.6 Å². The summed E-state index contributed by atoms with van der Waals surface area (Å²) in [5, 5.41) is 6.29. The fraction of sp³-hybridized carbons (Fsp3) is 0.182. The van der Waals surface area contributed by atoms with Gasteiger partial charge in [0, 0.05) is 30.7 Å². The normalized spacial score (nSPS) is 13.8. The minimum absolute atomic E-state index is 0.238. The van der Waals surface area contributed by atoms with Crippen LogP contribution < -0.4 is 15.5 Å². The number of nitrogens with one attached hydrogen (secondary N) is 2. The molecular formula is C22H22N4O2. The topological polar surface area (TPSA) is 66.5 Å². The van der Waals surface area contributed by atoms with Crippen LogP contribution in [0.25, 0.3) is 0 Å². The van der Waals surface area contributed by atoms with Crippen LogP contribution in [0.5, 0.6) is 0 Å². The molecule has 3 aromatic rings. The van der Waals surface area contributed by atoms with E-state index in [1.165, 1.54) is 0 Å². The first-order valence-electron chi connectivity index (χ1n) is 9.31. The number of rotatable bonds is 5. The van der Waals surface area contributed by atoms with Crippen LogP contribution in [0.2, 0.25) is 0 Å². The molecule has 0 atom stereocenters. The lowest BCUT2D eigenvalue weighted by molar-refractivity contribution is 0.102. The molecule has 1 aromatic heterocycles. The van der Waals surface area contributed by atoms with E-state index in [1.807, 2.05) is 60.7 Å². The second-order valence-electron chi connectivity index (χ2n) is 6.49. The highest BCUT2D eigenvalue weighted by Gasteiger charge is 2.17. The molecular weight excluding hydrogens is 352 g/mol. The average Bonchev–Trinajstić information content (AvgIpc) is 2.76. The van der Waals surface area contributed by atoms with E-state index in [2.05, 4.69) is 20.5 Å². The van der Waals surface area contributed by atoms with Crippen molar-refractivity contribution in [1.82, 2.24) is 4.98 Å². The summed E-state index contributed by atoms with van der Waals surface area (Å²) >= 11 is 0. The van der Waals surface area contributed by atoms with Crippen LogP contribution >= 0.6 is 0 Å². The number of pyridine rings is 1. The van der Waals surface area contributed by atoms with Crippen molar-refractivity contribution in [3.05, 3.63) is 78.6 Å². The quantitative estimate of drug-likeness (QED) is 0.709. The molecule has 142 valence electrons. The molecule has 2 aromatic carbocycles. The Morgan fingerprint density at radius 1 is 0.929 bits per heavy atom. The van der Waals surface area contributed by atoms with Crippen LogP contribution in [-0.2, 0) is 4.74 Å². The number of amides is 1. The number of carbonyl (C=O) groups is 1. The van der Waals surface area contributed by atoms with Gasteiger partial charge in [0.2, 0.25) is 0 Å². The fourth-order valence-electron chi connectivity index (χ4n) is 3.17. The highest BCUT2D eigenvalue weighted by molar-refractivity contribution is 6.05. The molecule has 6 heteroatoms. The summed E-state index contributed by atoms with van der Waals surface area (Å²) < 4.78 is 5.43. The van der Waals surface area contributed by atoms with Crippen LogP contribution in [-0.4, -0.2) is 37.2 Å². The molecule has 0 aliphatic carbocycles. The lowest BCUT2D eigenvalue weighted by Gasteiger charge is -2.30. The van der Waals surface area contributed by atoms with Crippen molar-refractivity contribution in [2.24, 2.45) is 0 Å². The predicted molar refractivity (Wildman–Crippen MR) is 111 cm³/mol. The lowest BCUT2D eigenvalue weighted by Crippen LogP contribution is -2.36. The fourth-order valence-corrected chi connectivity index (χ4v) is 3.17. The summed E-state index contributed by atoms with van der Waals surface area (Å²) in [6, 6.07) is 21.2. The predicted octanol–water partition coefficient (Wildman–Crippen LogP) is 3.91. The maximum atomic E-state index is 12.8. The number of morpholine rings is 1. The van der Waals surface area contributed by atoms with Crippen LogP contribution in [0.3, 0.4) is 0 Å². The molecule has 1 saturated heterocycles. The first-order valence-corrected chi connectivity index (χ1v) is 9.31. The maximum Gasteiger partial charge on any atom is 0.274 e. The zero-order chi connectivity index (χ0) is 19.2. The smallest absolute Gasteiger partial charge is 0.274 e. The van der Waals surface area contributed by atoms with Crippen molar-refractivity contribution >= 4 is 28.7 Å². The number of para-hydroxylation sites is 3. The molecule has 2 heterocycles. The molecule has 6 nitrogen and oxygen atoms in total. The Bertz CT molecular complexity index is 940. The van der Waals surface area contributed by atoms with Gasteiger partial charge >= 0.3 is 0 Å². The summed E-state index contributed by atoms with van der Waals surface area (Å²) in [5.74, 6) is -0.238. The molecule has 28 heavy (non-hydrogen) atoms. The van der Waals surface area contributed by atoms with Gasteiger partial charge in [0.15, 0.2) is 0 Å². The van der Waals surface area contributed by atoms with Gasteiger partial charge in [-0.3, -0.25) is 9.78 Å². The second-order valence-corrected chi connectivity index (χ2v) is 6.49. The lowest BCUT2D eigenvalue weighted by atomic mass is 10.2. The van der Waals surface area contributed by atoms with E-state index >= 15 is 0 Å². The van der Waals surface area contributed by atoms with E-state index in [1.54, 1.807) is 12.3 Å². The Hall–Kier alpha value is -3.38. The minimum atomic E-state index is -0.238. The standard InChI is InChI=1S/C22H22N4O2/c27-22(20-16-18(10-11-23-20)24-17-6-2-1-3-7-17)25-19-8-4-5-9-21(19)26-12-14-28-15-13-26/h1-11,16H,12-15H2,(H,23,24)(H,25,27). The van der Waals surface area contributed by atoms with Crippen molar-refractivity contribution in [3.63, 3.8) is 0 Å². The largest absolute Gasteiger partial charge is 0.378 e. The number of aromatic nitrogens is 1. The number of benzene rings is 2. The molecule has 1 aliphatic rings. The van der Waals surface area contributed by atoms with Crippen molar-refractivity contribution < 1.29 is 9.53 Å². The van der Waals surface area contributed by atoms with Crippen LogP contribution in [0.4, 0.5) is 22.7 Å². The molecule has 0 radical (unpaired) electrons. The first-order chi connectivity index (χ1) is 13.8. The molecule has 4 rings (SSSR count). The number of ether oxygens (including phenoxy) is 1. The maximum absolute atomic E-state index is 12.8. The Balaban J connectivity index is 1.51. The Morgan fingerprint density at radius 2 is 1.68 bits per heavy atom. The summed E-state index contributed by atoms with van der Waals surface area (Å²) in [4.78, 5) is 19.3. The first kappa shape index (κ1) is 18.0. The monoisotopic (exact) mass is 374 g/mol. The van der Waals surface area contributed by atoms with Crippen molar-refractivity contribution in [2.75, 3.05) is 41.8 Å². The summed E-state index contributed by atoms with van der Waals surface area (Å²) in [7, 11) is 0. The summed E-state index contributed by atoms with van der Waals surface area (Å²) in [6.07, 6.45) is 1.63. The molecule has 1 amide bonds. The molecule has 0 saturated carbocycles. The van der Waals surface area contributed by atoms with Gasteiger partial charge in [-0.2, -0.15) is 0 Å². The van der Waals surface area contributed by atoms with Gasteiger partial charge in [-0.05, 0) is 36.4 Å². The zero-order valence-electron chi connectivity index (χ0n) is 15.5. The van der Waals surface area contributed by atoms with Gasteiger partial charge in [0.25, 0.3) is 5.91 Å². The molecule has 0 bridgehead atoms. The third-order valence-corrected chi connectivity index (χ3v) is 4.56. The van der Waals surface area contributed by atoms with E-state index in [0.717, 1.165) is 35.8 Å². The van der Waals surface area contributed by atoms with Gasteiger partial charge in [-0.15, -0.1) is 0 Å². The third kappa shape index (κ3) is 4.29. The van der Waals surface area contributed by atoms with E-state index < -0.39 is 0 Å². The van der Waals surface area contributed by atoms with Crippen LogP contribution in [0, 0.1) is 0 Å².